The number of ether oxygens (including phenoxy) is 1. The molecule has 0 spiro atoms. The average molecular weight is 303 g/mol. The van der Waals surface area contributed by atoms with Gasteiger partial charge in [-0.2, -0.15) is 0 Å². The monoisotopic (exact) mass is 302 g/mol. The second-order valence-electron chi connectivity index (χ2n) is 4.41. The molecule has 0 unspecified atom stereocenters. The largest absolute Gasteiger partial charge is 0.495 e. The predicted molar refractivity (Wildman–Crippen MR) is 79.6 cm³/mol. The molecule has 0 radical (unpaired) electrons. The smallest absolute Gasteiger partial charge is 0.337 e. The number of aromatic nitrogens is 2. The Hall–Kier alpha value is -2.53. The van der Waals surface area contributed by atoms with Crippen LogP contribution in [-0.2, 0) is 0 Å². The fraction of sp³-hybridized carbons (Fsp3) is 0.0667. The van der Waals surface area contributed by atoms with Crippen molar-refractivity contribution < 1.29 is 14.6 Å². The zero-order valence-electron chi connectivity index (χ0n) is 11.1. The van der Waals surface area contributed by atoms with E-state index in [-0.39, 0.29) is 5.56 Å². The second kappa shape index (κ2) is 5.10. The predicted octanol–water partition coefficient (Wildman–Crippen LogP) is 3.39. The Morgan fingerprint density at radius 2 is 2.14 bits per heavy atom. The molecule has 1 heterocycles. The van der Waals surface area contributed by atoms with Crippen molar-refractivity contribution in [3.8, 4) is 11.4 Å². The highest BCUT2D eigenvalue weighted by Crippen LogP contribution is 2.28. The van der Waals surface area contributed by atoms with Crippen LogP contribution in [0.4, 0.5) is 0 Å². The van der Waals surface area contributed by atoms with E-state index in [4.69, 9.17) is 16.3 Å². The minimum Gasteiger partial charge on any atom is -0.495 e. The van der Waals surface area contributed by atoms with E-state index < -0.39 is 5.97 Å². The maximum atomic E-state index is 11.2. The van der Waals surface area contributed by atoms with Crippen LogP contribution in [0.15, 0.2) is 42.7 Å². The van der Waals surface area contributed by atoms with Gasteiger partial charge in [0.25, 0.3) is 0 Å². The van der Waals surface area contributed by atoms with Gasteiger partial charge in [-0.1, -0.05) is 17.7 Å². The first-order valence-corrected chi connectivity index (χ1v) is 6.53. The number of aromatic carboxylic acids is 1. The number of nitrogens with zero attached hydrogens (tertiary/aromatic N) is 2. The van der Waals surface area contributed by atoms with E-state index >= 15 is 0 Å². The van der Waals surface area contributed by atoms with Crippen molar-refractivity contribution in [1.82, 2.24) is 9.55 Å². The normalized spacial score (nSPS) is 10.8. The van der Waals surface area contributed by atoms with Crippen LogP contribution < -0.4 is 4.74 Å². The van der Waals surface area contributed by atoms with Gasteiger partial charge in [0.05, 0.1) is 23.2 Å². The summed E-state index contributed by atoms with van der Waals surface area (Å²) in [5, 5.41) is 9.67. The molecular weight excluding hydrogens is 292 g/mol. The summed E-state index contributed by atoms with van der Waals surface area (Å²) in [7, 11) is 1.55. The van der Waals surface area contributed by atoms with Crippen molar-refractivity contribution in [2.75, 3.05) is 7.11 Å². The van der Waals surface area contributed by atoms with E-state index in [0.29, 0.717) is 21.8 Å². The van der Waals surface area contributed by atoms with Gasteiger partial charge in [-0.25, -0.2) is 9.78 Å². The zero-order valence-corrected chi connectivity index (χ0v) is 11.8. The van der Waals surface area contributed by atoms with Crippen molar-refractivity contribution in [3.63, 3.8) is 0 Å². The van der Waals surface area contributed by atoms with E-state index in [0.717, 1.165) is 5.69 Å². The highest BCUT2D eigenvalue weighted by Gasteiger charge is 2.13. The zero-order chi connectivity index (χ0) is 15.0. The van der Waals surface area contributed by atoms with E-state index in [1.807, 2.05) is 12.1 Å². The molecule has 6 heteroatoms. The molecule has 0 aliphatic carbocycles. The Kier molecular flexibility index (Phi) is 3.27. The van der Waals surface area contributed by atoms with Crippen LogP contribution in [0.25, 0.3) is 16.7 Å². The molecule has 0 saturated heterocycles. The number of para-hydroxylation sites is 1. The summed E-state index contributed by atoms with van der Waals surface area (Å²) < 4.78 is 6.91. The average Bonchev–Trinajstić information content (AvgIpc) is 2.90. The lowest BCUT2D eigenvalue weighted by atomic mass is 10.2. The molecular formula is C15H11ClN2O3. The van der Waals surface area contributed by atoms with Gasteiger partial charge < -0.3 is 9.84 Å². The molecule has 106 valence electrons. The topological polar surface area (TPSA) is 64.4 Å². The lowest BCUT2D eigenvalue weighted by molar-refractivity contribution is 0.0699. The van der Waals surface area contributed by atoms with Crippen LogP contribution in [0.1, 0.15) is 10.4 Å². The third-order valence-electron chi connectivity index (χ3n) is 3.22. The number of halogens is 1. The Morgan fingerprint density at radius 1 is 1.33 bits per heavy atom. The van der Waals surface area contributed by atoms with Gasteiger partial charge in [-0.15, -0.1) is 0 Å². The van der Waals surface area contributed by atoms with Crippen LogP contribution in [0.2, 0.25) is 5.02 Å². The molecule has 1 N–H and O–H groups in total. The summed E-state index contributed by atoms with van der Waals surface area (Å²) in [6.07, 6.45) is 1.58. The van der Waals surface area contributed by atoms with Crippen molar-refractivity contribution >= 4 is 28.6 Å². The van der Waals surface area contributed by atoms with Crippen LogP contribution >= 0.6 is 11.6 Å². The second-order valence-corrected chi connectivity index (χ2v) is 4.82. The number of benzene rings is 2. The molecule has 3 aromatic rings. The van der Waals surface area contributed by atoms with E-state index in [1.54, 1.807) is 36.2 Å². The molecule has 0 saturated carbocycles. The Morgan fingerprint density at radius 3 is 2.81 bits per heavy atom. The maximum absolute atomic E-state index is 11.2. The van der Waals surface area contributed by atoms with E-state index in [9.17, 15) is 9.90 Å². The Labute approximate surface area is 125 Å². The maximum Gasteiger partial charge on any atom is 0.337 e. The number of rotatable bonds is 3. The number of carbonyl (C=O) groups is 1. The summed E-state index contributed by atoms with van der Waals surface area (Å²) in [5.74, 6) is -0.422. The molecule has 1 aromatic heterocycles. The van der Waals surface area contributed by atoms with Crippen LogP contribution in [-0.4, -0.2) is 27.7 Å². The van der Waals surface area contributed by atoms with Crippen molar-refractivity contribution in [2.45, 2.75) is 0 Å². The molecule has 5 nitrogen and oxygen atoms in total. The minimum atomic E-state index is -1.00. The first-order chi connectivity index (χ1) is 10.1. The Bertz CT molecular complexity index is 842. The lowest BCUT2D eigenvalue weighted by Crippen LogP contribution is -1.98. The van der Waals surface area contributed by atoms with Gasteiger partial charge in [0, 0.05) is 5.69 Å². The van der Waals surface area contributed by atoms with Gasteiger partial charge in [-0.3, -0.25) is 4.57 Å². The number of hydrogen-bond donors (Lipinski definition) is 1. The van der Waals surface area contributed by atoms with Crippen LogP contribution in [0, 0.1) is 0 Å². The van der Waals surface area contributed by atoms with Crippen molar-refractivity contribution in [3.05, 3.63) is 53.3 Å². The summed E-state index contributed by atoms with van der Waals surface area (Å²) in [4.78, 5) is 15.4. The third kappa shape index (κ3) is 2.21. The van der Waals surface area contributed by atoms with Crippen LogP contribution in [0.3, 0.4) is 0 Å². The van der Waals surface area contributed by atoms with Gasteiger partial charge in [0.15, 0.2) is 0 Å². The van der Waals surface area contributed by atoms with Gasteiger partial charge >= 0.3 is 5.97 Å². The number of hydrogen-bond acceptors (Lipinski definition) is 3. The first kappa shape index (κ1) is 13.5. The molecule has 21 heavy (non-hydrogen) atoms. The molecule has 0 aliphatic heterocycles. The van der Waals surface area contributed by atoms with Crippen molar-refractivity contribution in [1.29, 1.82) is 0 Å². The highest BCUT2D eigenvalue weighted by molar-refractivity contribution is 6.32. The summed E-state index contributed by atoms with van der Waals surface area (Å²) in [6.45, 7) is 0. The number of imidazole rings is 1. The van der Waals surface area contributed by atoms with Gasteiger partial charge in [0.1, 0.15) is 17.6 Å². The SMILES string of the molecule is COc1ccc(-n2cnc3c(C(=O)O)cccc32)cc1Cl. The molecule has 0 bridgehead atoms. The molecule has 0 aliphatic rings. The van der Waals surface area contributed by atoms with E-state index in [2.05, 4.69) is 4.98 Å². The fourth-order valence-electron chi connectivity index (χ4n) is 2.22. The summed E-state index contributed by atoms with van der Waals surface area (Å²) >= 11 is 6.13. The number of carboxylic acid groups (broad SMARTS) is 1. The quantitative estimate of drug-likeness (QED) is 0.805. The molecule has 0 atom stereocenters. The van der Waals surface area contributed by atoms with E-state index in [1.165, 1.54) is 6.07 Å². The number of carboxylic acids is 1. The van der Waals surface area contributed by atoms with Gasteiger partial charge in [0.2, 0.25) is 0 Å². The summed E-state index contributed by atoms with van der Waals surface area (Å²) in [5.41, 5.74) is 2.10. The molecule has 0 fully saturated rings. The number of methoxy groups -OCH3 is 1. The fourth-order valence-corrected chi connectivity index (χ4v) is 2.47. The molecule has 0 amide bonds. The molecule has 3 rings (SSSR count). The van der Waals surface area contributed by atoms with Crippen LogP contribution in [0.5, 0.6) is 5.75 Å². The Balaban J connectivity index is 2.20. The standard InChI is InChI=1S/C15H11ClN2O3/c1-21-13-6-5-9(7-11(13)16)18-8-17-14-10(15(19)20)3-2-4-12(14)18/h2-8H,1H3,(H,19,20). The van der Waals surface area contributed by atoms with Crippen molar-refractivity contribution in [2.24, 2.45) is 0 Å². The van der Waals surface area contributed by atoms with Gasteiger partial charge in [-0.05, 0) is 30.3 Å². The number of fused-ring (bicyclic) bond motifs is 1. The minimum absolute atomic E-state index is 0.172. The lowest BCUT2D eigenvalue weighted by Gasteiger charge is -2.08. The summed E-state index contributed by atoms with van der Waals surface area (Å²) in [6, 6.07) is 10.4. The third-order valence-corrected chi connectivity index (χ3v) is 3.52. The molecule has 2 aromatic carbocycles. The first-order valence-electron chi connectivity index (χ1n) is 6.15. The highest BCUT2D eigenvalue weighted by atomic mass is 35.5.